The van der Waals surface area contributed by atoms with Crippen molar-refractivity contribution in [2.75, 3.05) is 7.05 Å². The van der Waals surface area contributed by atoms with Crippen LogP contribution in [-0.4, -0.2) is 23.4 Å². The molecule has 2 rings (SSSR count). The van der Waals surface area contributed by atoms with Crippen molar-refractivity contribution in [2.24, 2.45) is 5.10 Å². The van der Waals surface area contributed by atoms with Gasteiger partial charge in [-0.25, -0.2) is 5.01 Å². The van der Waals surface area contributed by atoms with Crippen LogP contribution in [0.2, 0.25) is 0 Å². The van der Waals surface area contributed by atoms with Gasteiger partial charge in [-0.05, 0) is 36.8 Å². The van der Waals surface area contributed by atoms with Crippen LogP contribution in [0, 0.1) is 6.92 Å². The van der Waals surface area contributed by atoms with Gasteiger partial charge in [-0.15, -0.1) is 0 Å². The molecule has 0 aliphatic heterocycles. The second-order valence-corrected chi connectivity index (χ2v) is 4.75. The number of rotatable bonds is 4. The number of furan rings is 1. The summed E-state index contributed by atoms with van der Waals surface area (Å²) in [6, 6.07) is 13.8. The Labute approximate surface area is 124 Å². The quantitative estimate of drug-likeness (QED) is 0.533. The highest BCUT2D eigenvalue weighted by atomic mass is 32.1. The van der Waals surface area contributed by atoms with Gasteiger partial charge < -0.3 is 9.73 Å². The molecule has 0 spiro atoms. The van der Waals surface area contributed by atoms with E-state index in [9.17, 15) is 0 Å². The molecule has 0 amide bonds. The maximum atomic E-state index is 5.40. The fraction of sp³-hybridized carbons (Fsp3) is 0.200. The van der Waals surface area contributed by atoms with Gasteiger partial charge in [0.05, 0.1) is 6.21 Å². The van der Waals surface area contributed by atoms with Gasteiger partial charge >= 0.3 is 0 Å². The summed E-state index contributed by atoms with van der Waals surface area (Å²) in [6.45, 7) is 2.58. The number of nitrogens with zero attached hydrogens (tertiary/aromatic N) is 2. The summed E-state index contributed by atoms with van der Waals surface area (Å²) in [7, 11) is 1.80. The zero-order valence-electron chi connectivity index (χ0n) is 11.5. The van der Waals surface area contributed by atoms with Crippen LogP contribution in [0.15, 0.2) is 52.0 Å². The van der Waals surface area contributed by atoms with Crippen LogP contribution in [0.25, 0.3) is 0 Å². The van der Waals surface area contributed by atoms with Crippen LogP contribution in [0.4, 0.5) is 0 Å². The van der Waals surface area contributed by atoms with E-state index in [1.807, 2.05) is 49.4 Å². The second-order valence-electron chi connectivity index (χ2n) is 4.36. The Hall–Kier alpha value is -2.14. The molecule has 4 nitrogen and oxygen atoms in total. The van der Waals surface area contributed by atoms with E-state index >= 15 is 0 Å². The van der Waals surface area contributed by atoms with E-state index in [4.69, 9.17) is 16.6 Å². The number of hydrogen-bond acceptors (Lipinski definition) is 3. The highest BCUT2D eigenvalue weighted by molar-refractivity contribution is 7.80. The Morgan fingerprint density at radius 2 is 2.05 bits per heavy atom. The number of nitrogens with one attached hydrogen (secondary N) is 1. The lowest BCUT2D eigenvalue weighted by molar-refractivity contribution is 0.512. The Kier molecular flexibility index (Phi) is 4.90. The van der Waals surface area contributed by atoms with E-state index in [1.165, 1.54) is 5.56 Å². The molecule has 0 saturated carbocycles. The van der Waals surface area contributed by atoms with E-state index in [0.717, 1.165) is 5.76 Å². The minimum atomic E-state index is 0.563. The Morgan fingerprint density at radius 1 is 1.30 bits per heavy atom. The van der Waals surface area contributed by atoms with Gasteiger partial charge in [-0.2, -0.15) is 5.10 Å². The van der Waals surface area contributed by atoms with Gasteiger partial charge in [0.25, 0.3) is 0 Å². The molecule has 0 fully saturated rings. The highest BCUT2D eigenvalue weighted by Gasteiger charge is 2.02. The summed E-state index contributed by atoms with van der Waals surface area (Å²) in [5.74, 6) is 1.57. The Morgan fingerprint density at radius 3 is 2.70 bits per heavy atom. The smallest absolute Gasteiger partial charge is 0.189 e. The lowest BCUT2D eigenvalue weighted by Gasteiger charge is -2.15. The fourth-order valence-corrected chi connectivity index (χ4v) is 1.73. The molecule has 0 saturated heterocycles. The summed E-state index contributed by atoms with van der Waals surface area (Å²) >= 11 is 5.27. The molecule has 0 bridgehead atoms. The lowest BCUT2D eigenvalue weighted by atomic mass is 10.2. The van der Waals surface area contributed by atoms with Crippen molar-refractivity contribution in [3.8, 4) is 0 Å². The standard InChI is InChI=1S/C15H17N3OS/c1-12-8-9-14(19-12)11-17-18(2)15(20)16-10-13-6-4-3-5-7-13/h3-9,11H,10H2,1-2H3,(H,16,20)/b17-11-. The summed E-state index contributed by atoms with van der Waals surface area (Å²) in [5.41, 5.74) is 1.17. The van der Waals surface area contributed by atoms with Crippen LogP contribution in [0.5, 0.6) is 0 Å². The van der Waals surface area contributed by atoms with Crippen molar-refractivity contribution in [3.05, 3.63) is 59.5 Å². The van der Waals surface area contributed by atoms with Crippen molar-refractivity contribution >= 4 is 23.5 Å². The zero-order chi connectivity index (χ0) is 14.4. The van der Waals surface area contributed by atoms with Crippen molar-refractivity contribution < 1.29 is 4.42 Å². The third-order valence-corrected chi connectivity index (χ3v) is 3.11. The van der Waals surface area contributed by atoms with E-state index in [2.05, 4.69) is 10.4 Å². The molecule has 0 aliphatic rings. The first-order valence-corrected chi connectivity index (χ1v) is 6.72. The molecular weight excluding hydrogens is 270 g/mol. The molecule has 20 heavy (non-hydrogen) atoms. The molecular formula is C15H17N3OS. The number of hydrogen-bond donors (Lipinski definition) is 1. The molecule has 0 atom stereocenters. The van der Waals surface area contributed by atoms with Gasteiger partial charge in [0.15, 0.2) is 5.11 Å². The first-order valence-electron chi connectivity index (χ1n) is 6.31. The lowest BCUT2D eigenvalue weighted by Crippen LogP contribution is -2.33. The minimum Gasteiger partial charge on any atom is -0.460 e. The third kappa shape index (κ3) is 4.20. The SMILES string of the molecule is Cc1ccc(/C=N\N(C)C(=S)NCc2ccccc2)o1. The number of benzene rings is 1. The molecule has 2 aromatic rings. The van der Waals surface area contributed by atoms with Crippen molar-refractivity contribution in [2.45, 2.75) is 13.5 Å². The number of aryl methyl sites for hydroxylation is 1. The third-order valence-electron chi connectivity index (χ3n) is 2.70. The highest BCUT2D eigenvalue weighted by Crippen LogP contribution is 2.03. The predicted molar refractivity (Wildman–Crippen MR) is 84.7 cm³/mol. The van der Waals surface area contributed by atoms with Crippen molar-refractivity contribution in [1.29, 1.82) is 0 Å². The van der Waals surface area contributed by atoms with Crippen molar-refractivity contribution in [1.82, 2.24) is 10.3 Å². The summed E-state index contributed by atoms with van der Waals surface area (Å²) < 4.78 is 5.40. The minimum absolute atomic E-state index is 0.563. The molecule has 0 aliphatic carbocycles. The summed E-state index contributed by atoms with van der Waals surface area (Å²) in [4.78, 5) is 0. The van der Waals surface area contributed by atoms with Crippen LogP contribution >= 0.6 is 12.2 Å². The monoisotopic (exact) mass is 287 g/mol. The van der Waals surface area contributed by atoms with Crippen LogP contribution in [-0.2, 0) is 6.54 Å². The zero-order valence-corrected chi connectivity index (χ0v) is 12.4. The summed E-state index contributed by atoms with van der Waals surface area (Å²) in [6.07, 6.45) is 1.64. The van der Waals surface area contributed by atoms with Crippen LogP contribution in [0.3, 0.4) is 0 Å². The molecule has 1 N–H and O–H groups in total. The first-order chi connectivity index (χ1) is 9.65. The molecule has 1 aromatic carbocycles. The van der Waals surface area contributed by atoms with E-state index in [0.29, 0.717) is 17.4 Å². The molecule has 5 heteroatoms. The van der Waals surface area contributed by atoms with E-state index in [1.54, 1.807) is 18.3 Å². The maximum absolute atomic E-state index is 5.40. The average molecular weight is 287 g/mol. The van der Waals surface area contributed by atoms with Gasteiger partial charge in [-0.3, -0.25) is 0 Å². The first kappa shape index (κ1) is 14.3. The van der Waals surface area contributed by atoms with Gasteiger partial charge in [0, 0.05) is 13.6 Å². The average Bonchev–Trinajstić information content (AvgIpc) is 2.89. The van der Waals surface area contributed by atoms with Gasteiger partial charge in [0.1, 0.15) is 11.5 Å². The van der Waals surface area contributed by atoms with Crippen LogP contribution in [0.1, 0.15) is 17.1 Å². The Bertz CT molecular complexity index is 592. The molecule has 0 radical (unpaired) electrons. The second kappa shape index (κ2) is 6.86. The Balaban J connectivity index is 1.84. The van der Waals surface area contributed by atoms with Gasteiger partial charge in [0.2, 0.25) is 0 Å². The topological polar surface area (TPSA) is 40.8 Å². The predicted octanol–water partition coefficient (Wildman–Crippen LogP) is 2.93. The molecule has 0 unspecified atom stereocenters. The fourth-order valence-electron chi connectivity index (χ4n) is 1.61. The van der Waals surface area contributed by atoms with E-state index in [-0.39, 0.29) is 0 Å². The molecule has 1 aromatic heterocycles. The number of hydrazone groups is 1. The summed E-state index contributed by atoms with van der Waals surface area (Å²) in [5, 5.41) is 9.55. The molecule has 1 heterocycles. The largest absolute Gasteiger partial charge is 0.460 e. The van der Waals surface area contributed by atoms with Gasteiger partial charge in [-0.1, -0.05) is 30.3 Å². The normalized spacial score (nSPS) is 10.7. The maximum Gasteiger partial charge on any atom is 0.189 e. The van der Waals surface area contributed by atoms with E-state index < -0.39 is 0 Å². The molecule has 104 valence electrons. The van der Waals surface area contributed by atoms with Crippen molar-refractivity contribution in [3.63, 3.8) is 0 Å². The number of thiocarbonyl (C=S) groups is 1. The van der Waals surface area contributed by atoms with Crippen LogP contribution < -0.4 is 5.32 Å².